The average molecular weight is 233 g/mol. The Morgan fingerprint density at radius 3 is 2.36 bits per heavy atom. The van der Waals surface area contributed by atoms with E-state index in [9.17, 15) is 4.21 Å². The Hall–Kier alpha value is -0.690. The van der Waals surface area contributed by atoms with Crippen LogP contribution in [0.25, 0.3) is 0 Å². The van der Waals surface area contributed by atoms with E-state index in [1.807, 2.05) is 6.07 Å². The van der Waals surface area contributed by atoms with Gasteiger partial charge in [-0.3, -0.25) is 0 Å². The predicted octanol–water partition coefficient (Wildman–Crippen LogP) is 1.13. The lowest BCUT2D eigenvalue weighted by atomic mass is 10.3. The number of hydrogen-bond donors (Lipinski definition) is 0. The van der Waals surface area contributed by atoms with Gasteiger partial charge in [0.1, 0.15) is 5.75 Å². The van der Waals surface area contributed by atoms with Crippen molar-refractivity contribution in [3.05, 3.63) is 30.3 Å². The zero-order chi connectivity index (χ0) is 10.6. The summed E-state index contributed by atoms with van der Waals surface area (Å²) in [5.74, 6) is 0.425. The molecule has 1 rings (SSSR count). The van der Waals surface area contributed by atoms with Crippen LogP contribution < -0.4 is 4.18 Å². The normalized spacial score (nSPS) is 15.1. The van der Waals surface area contributed by atoms with Crippen molar-refractivity contribution in [1.82, 2.24) is 5.06 Å². The molecule has 6 heteroatoms. The summed E-state index contributed by atoms with van der Waals surface area (Å²) >= 11 is 4.64. The maximum atomic E-state index is 11.5. The molecule has 78 valence electrons. The SMILES string of the molecule is CN(C)OS(=O)(=S)Oc1ccccc1. The highest BCUT2D eigenvalue weighted by Gasteiger charge is 2.10. The zero-order valence-electron chi connectivity index (χ0n) is 7.88. The van der Waals surface area contributed by atoms with Crippen molar-refractivity contribution >= 4 is 20.2 Å². The number of rotatable bonds is 4. The van der Waals surface area contributed by atoms with Crippen LogP contribution in [0, 0.1) is 0 Å². The molecule has 0 saturated carbocycles. The molecule has 0 heterocycles. The molecule has 0 aliphatic rings. The Balaban J connectivity index is 2.70. The smallest absolute Gasteiger partial charge is 0.330 e. The van der Waals surface area contributed by atoms with Gasteiger partial charge in [-0.25, -0.2) is 0 Å². The Morgan fingerprint density at radius 2 is 1.86 bits per heavy atom. The molecule has 1 unspecified atom stereocenters. The fourth-order valence-corrected chi connectivity index (χ4v) is 2.13. The number of hydroxylamine groups is 2. The fraction of sp³-hybridized carbons (Fsp3) is 0.250. The standard InChI is InChI=1S/C8H11NO3S2/c1-9(2)12-14(10,13)11-8-6-4-3-5-7-8/h3-7H,1-2H3. The fourth-order valence-electron chi connectivity index (χ4n) is 0.792. The molecule has 0 N–H and O–H groups in total. The van der Waals surface area contributed by atoms with Gasteiger partial charge in [-0.1, -0.05) is 18.2 Å². The Labute approximate surface area is 88.5 Å². The second kappa shape index (κ2) is 4.70. The van der Waals surface area contributed by atoms with Crippen LogP contribution in [0.5, 0.6) is 5.75 Å². The van der Waals surface area contributed by atoms with Crippen LogP contribution in [-0.4, -0.2) is 23.4 Å². The van der Waals surface area contributed by atoms with Crippen LogP contribution >= 0.6 is 0 Å². The minimum absolute atomic E-state index is 0.425. The Kier molecular flexibility index (Phi) is 3.82. The highest BCUT2D eigenvalue weighted by Crippen LogP contribution is 2.12. The molecule has 0 amide bonds. The first kappa shape index (κ1) is 11.4. The van der Waals surface area contributed by atoms with Gasteiger partial charge in [0.25, 0.3) is 0 Å². The van der Waals surface area contributed by atoms with Gasteiger partial charge in [0, 0.05) is 14.1 Å². The molecule has 1 atom stereocenters. The molecular formula is C8H11NO3S2. The molecule has 4 nitrogen and oxygen atoms in total. The second-order valence-electron chi connectivity index (χ2n) is 2.69. The van der Waals surface area contributed by atoms with Crippen LogP contribution in [-0.2, 0) is 24.5 Å². The summed E-state index contributed by atoms with van der Waals surface area (Å²) < 4.78 is 21.3. The summed E-state index contributed by atoms with van der Waals surface area (Å²) in [7, 11) is -0.00736. The summed E-state index contributed by atoms with van der Waals surface area (Å²) in [6, 6.07) is 8.66. The van der Waals surface area contributed by atoms with E-state index >= 15 is 0 Å². The lowest BCUT2D eigenvalue weighted by Crippen LogP contribution is -2.21. The molecule has 0 spiro atoms. The molecule has 0 aliphatic carbocycles. The van der Waals surface area contributed by atoms with Crippen LogP contribution in [0.1, 0.15) is 0 Å². The van der Waals surface area contributed by atoms with Gasteiger partial charge in [0.05, 0.1) is 11.2 Å². The lowest BCUT2D eigenvalue weighted by molar-refractivity contribution is 0.00355. The second-order valence-corrected chi connectivity index (χ2v) is 5.05. The zero-order valence-corrected chi connectivity index (χ0v) is 9.51. The third-order valence-corrected chi connectivity index (χ3v) is 2.45. The highest BCUT2D eigenvalue weighted by molar-refractivity contribution is 8.27. The van der Waals surface area contributed by atoms with Crippen molar-refractivity contribution in [1.29, 1.82) is 0 Å². The van der Waals surface area contributed by atoms with E-state index in [1.165, 1.54) is 5.06 Å². The largest absolute Gasteiger partial charge is 0.381 e. The minimum Gasteiger partial charge on any atom is -0.381 e. The minimum atomic E-state index is -3.17. The summed E-state index contributed by atoms with van der Waals surface area (Å²) in [4.78, 5) is 0. The van der Waals surface area contributed by atoms with Gasteiger partial charge in [0.15, 0.2) is 0 Å². The number of hydrogen-bond acceptors (Lipinski definition) is 5. The third kappa shape index (κ3) is 4.01. The first-order valence-electron chi connectivity index (χ1n) is 3.86. The van der Waals surface area contributed by atoms with E-state index < -0.39 is 9.05 Å². The van der Waals surface area contributed by atoms with Gasteiger partial charge < -0.3 is 4.18 Å². The van der Waals surface area contributed by atoms with Crippen molar-refractivity contribution in [2.45, 2.75) is 0 Å². The first-order valence-corrected chi connectivity index (χ1v) is 6.19. The van der Waals surface area contributed by atoms with Crippen LogP contribution in [0.2, 0.25) is 0 Å². The van der Waals surface area contributed by atoms with Crippen molar-refractivity contribution < 1.29 is 12.7 Å². The molecule has 0 saturated heterocycles. The maximum absolute atomic E-state index is 11.5. The van der Waals surface area contributed by atoms with E-state index in [-0.39, 0.29) is 0 Å². The topological polar surface area (TPSA) is 38.8 Å². The van der Waals surface area contributed by atoms with Crippen LogP contribution in [0.15, 0.2) is 30.3 Å². The van der Waals surface area contributed by atoms with Crippen molar-refractivity contribution in [3.8, 4) is 5.75 Å². The van der Waals surface area contributed by atoms with E-state index in [4.69, 9.17) is 8.47 Å². The molecule has 0 aliphatic heterocycles. The van der Waals surface area contributed by atoms with Gasteiger partial charge in [0.2, 0.25) is 0 Å². The van der Waals surface area contributed by atoms with Crippen molar-refractivity contribution in [2.75, 3.05) is 14.1 Å². The number of para-hydroxylation sites is 1. The van der Waals surface area contributed by atoms with Crippen molar-refractivity contribution in [2.24, 2.45) is 0 Å². The number of nitrogens with zero attached hydrogens (tertiary/aromatic N) is 1. The molecule has 0 bridgehead atoms. The predicted molar refractivity (Wildman–Crippen MR) is 57.3 cm³/mol. The molecule has 14 heavy (non-hydrogen) atoms. The van der Waals surface area contributed by atoms with E-state index in [1.54, 1.807) is 38.4 Å². The average Bonchev–Trinajstić information content (AvgIpc) is 2.02. The summed E-state index contributed by atoms with van der Waals surface area (Å²) in [5, 5.41) is 1.25. The van der Waals surface area contributed by atoms with Gasteiger partial charge >= 0.3 is 9.05 Å². The van der Waals surface area contributed by atoms with Gasteiger partial charge in [-0.2, -0.15) is 13.6 Å². The van der Waals surface area contributed by atoms with E-state index in [0.29, 0.717) is 5.75 Å². The van der Waals surface area contributed by atoms with Crippen LogP contribution in [0.3, 0.4) is 0 Å². The van der Waals surface area contributed by atoms with Crippen molar-refractivity contribution in [3.63, 3.8) is 0 Å². The maximum Gasteiger partial charge on any atom is 0.330 e. The monoisotopic (exact) mass is 233 g/mol. The highest BCUT2D eigenvalue weighted by atomic mass is 32.9. The molecule has 0 aromatic heterocycles. The van der Waals surface area contributed by atoms with E-state index in [0.717, 1.165) is 0 Å². The molecular weight excluding hydrogens is 222 g/mol. The molecule has 1 aromatic rings. The Morgan fingerprint density at radius 1 is 1.29 bits per heavy atom. The summed E-state index contributed by atoms with van der Waals surface area (Å²) in [6.45, 7) is 0. The molecule has 0 radical (unpaired) electrons. The van der Waals surface area contributed by atoms with E-state index in [2.05, 4.69) is 11.2 Å². The van der Waals surface area contributed by atoms with Crippen LogP contribution in [0.4, 0.5) is 0 Å². The Bertz CT molecular complexity index is 375. The summed E-state index contributed by atoms with van der Waals surface area (Å²) in [6.07, 6.45) is 0. The quantitative estimate of drug-likeness (QED) is 0.729. The third-order valence-electron chi connectivity index (χ3n) is 1.18. The molecule has 0 fully saturated rings. The first-order chi connectivity index (χ1) is 6.49. The molecule has 1 aromatic carbocycles. The van der Waals surface area contributed by atoms with Gasteiger partial charge in [-0.15, -0.1) is 0 Å². The lowest BCUT2D eigenvalue weighted by Gasteiger charge is -2.13. The summed E-state index contributed by atoms with van der Waals surface area (Å²) in [5.41, 5.74) is 0. The van der Waals surface area contributed by atoms with Gasteiger partial charge in [-0.05, 0) is 12.1 Å². The number of benzene rings is 1.